The summed E-state index contributed by atoms with van der Waals surface area (Å²) in [6.45, 7) is 0.470. The van der Waals surface area contributed by atoms with Gasteiger partial charge in [-0.15, -0.1) is 0 Å². The Morgan fingerprint density at radius 1 is 0.806 bits per heavy atom. The second kappa shape index (κ2) is 11.0. The maximum Gasteiger partial charge on any atom is 0.314 e. The van der Waals surface area contributed by atoms with Crippen LogP contribution in [0.2, 0.25) is 0 Å². The fourth-order valence-electron chi connectivity index (χ4n) is 3.49. The molecule has 3 rings (SSSR count). The highest BCUT2D eigenvalue weighted by Gasteiger charge is 2.12. The molecule has 0 aliphatic rings. The molecule has 5 heteroatoms. The summed E-state index contributed by atoms with van der Waals surface area (Å²) in [6.07, 6.45) is 2.01. The van der Waals surface area contributed by atoms with Crippen LogP contribution in [0.5, 0.6) is 0 Å². The zero-order valence-corrected chi connectivity index (χ0v) is 18.1. The summed E-state index contributed by atoms with van der Waals surface area (Å²) < 4.78 is 0. The van der Waals surface area contributed by atoms with Crippen LogP contribution in [0.15, 0.2) is 78.9 Å². The predicted octanol–water partition coefficient (Wildman–Crippen LogP) is 4.77. The first-order valence-electron chi connectivity index (χ1n) is 10.5. The quantitative estimate of drug-likeness (QED) is 0.557. The van der Waals surface area contributed by atoms with E-state index in [9.17, 15) is 9.59 Å². The van der Waals surface area contributed by atoms with Crippen LogP contribution in [-0.2, 0) is 17.8 Å². The summed E-state index contributed by atoms with van der Waals surface area (Å²) in [5.41, 5.74) is 5.41. The largest absolute Gasteiger partial charge is 0.341 e. The summed E-state index contributed by atoms with van der Waals surface area (Å²) >= 11 is 0. The van der Waals surface area contributed by atoms with Crippen molar-refractivity contribution in [3.05, 3.63) is 90.0 Å². The fourth-order valence-corrected chi connectivity index (χ4v) is 3.49. The van der Waals surface area contributed by atoms with E-state index in [1.165, 1.54) is 0 Å². The third-order valence-corrected chi connectivity index (χ3v) is 5.36. The van der Waals surface area contributed by atoms with Gasteiger partial charge in [-0.3, -0.25) is 4.79 Å². The molecule has 0 unspecified atom stereocenters. The van der Waals surface area contributed by atoms with E-state index in [4.69, 9.17) is 0 Å². The number of anilines is 1. The molecule has 0 fully saturated rings. The van der Waals surface area contributed by atoms with Gasteiger partial charge in [0.25, 0.3) is 0 Å². The molecule has 0 saturated heterocycles. The maximum atomic E-state index is 12.7. The van der Waals surface area contributed by atoms with Crippen LogP contribution in [0.1, 0.15) is 24.0 Å². The Kier molecular flexibility index (Phi) is 7.82. The minimum atomic E-state index is -0.204. The third kappa shape index (κ3) is 6.19. The van der Waals surface area contributed by atoms with Gasteiger partial charge < -0.3 is 15.5 Å². The predicted molar refractivity (Wildman–Crippen MR) is 126 cm³/mol. The number of rotatable bonds is 8. The molecule has 0 aliphatic heterocycles. The van der Waals surface area contributed by atoms with Gasteiger partial charge in [0, 0.05) is 32.7 Å². The van der Waals surface area contributed by atoms with E-state index in [2.05, 4.69) is 28.8 Å². The van der Waals surface area contributed by atoms with Gasteiger partial charge >= 0.3 is 6.03 Å². The van der Waals surface area contributed by atoms with Gasteiger partial charge in [-0.05, 0) is 47.2 Å². The molecule has 3 aromatic carbocycles. The highest BCUT2D eigenvalue weighted by molar-refractivity contribution is 5.93. The van der Waals surface area contributed by atoms with Crippen LogP contribution >= 0.6 is 0 Å². The Bertz CT molecular complexity index is 1000. The van der Waals surface area contributed by atoms with E-state index in [1.54, 1.807) is 11.9 Å². The van der Waals surface area contributed by atoms with Crippen molar-refractivity contribution < 1.29 is 9.59 Å². The van der Waals surface area contributed by atoms with Gasteiger partial charge in [0.2, 0.25) is 5.91 Å². The Morgan fingerprint density at radius 3 is 2.10 bits per heavy atom. The van der Waals surface area contributed by atoms with Gasteiger partial charge in [-0.2, -0.15) is 0 Å². The molecule has 0 spiro atoms. The van der Waals surface area contributed by atoms with E-state index in [-0.39, 0.29) is 11.9 Å². The SMILES string of the molecule is CNC(=O)NCc1ccccc1CCCC(=O)N(C)c1ccc(-c2ccccc2)cc1. The number of amides is 3. The number of nitrogens with zero attached hydrogens (tertiary/aromatic N) is 1. The van der Waals surface area contributed by atoms with Crippen molar-refractivity contribution in [3.63, 3.8) is 0 Å². The molecule has 5 nitrogen and oxygen atoms in total. The molecule has 0 aromatic heterocycles. The maximum absolute atomic E-state index is 12.7. The Labute approximate surface area is 184 Å². The number of benzene rings is 3. The summed E-state index contributed by atoms with van der Waals surface area (Å²) in [7, 11) is 3.42. The van der Waals surface area contributed by atoms with Crippen LogP contribution in [0.4, 0.5) is 10.5 Å². The number of carbonyl (C=O) groups excluding carboxylic acids is 2. The van der Waals surface area contributed by atoms with Crippen LogP contribution in [0.3, 0.4) is 0 Å². The number of urea groups is 1. The molecule has 0 aliphatic carbocycles. The summed E-state index contributed by atoms with van der Waals surface area (Å²) in [5.74, 6) is 0.0911. The molecule has 0 bridgehead atoms. The lowest BCUT2D eigenvalue weighted by molar-refractivity contribution is -0.118. The molecule has 0 atom stereocenters. The normalized spacial score (nSPS) is 10.4. The van der Waals surface area contributed by atoms with Crippen LogP contribution < -0.4 is 15.5 Å². The molecular formula is C26H29N3O2. The van der Waals surface area contributed by atoms with Crippen LogP contribution in [-0.4, -0.2) is 26.0 Å². The molecule has 3 aromatic rings. The Hall–Kier alpha value is -3.60. The van der Waals surface area contributed by atoms with Crippen molar-refractivity contribution in [2.75, 3.05) is 19.0 Å². The molecule has 160 valence electrons. The van der Waals surface area contributed by atoms with Crippen molar-refractivity contribution in [2.45, 2.75) is 25.8 Å². The first-order valence-corrected chi connectivity index (χ1v) is 10.5. The van der Waals surface area contributed by atoms with Gasteiger partial charge in [0.1, 0.15) is 0 Å². The number of hydrogen-bond donors (Lipinski definition) is 2. The van der Waals surface area contributed by atoms with Crippen molar-refractivity contribution in [1.29, 1.82) is 0 Å². The van der Waals surface area contributed by atoms with Crippen molar-refractivity contribution in [3.8, 4) is 11.1 Å². The zero-order valence-electron chi connectivity index (χ0n) is 18.1. The molecule has 0 radical (unpaired) electrons. The van der Waals surface area contributed by atoms with E-state index >= 15 is 0 Å². The number of nitrogens with one attached hydrogen (secondary N) is 2. The first-order chi connectivity index (χ1) is 15.1. The average Bonchev–Trinajstić information content (AvgIpc) is 2.83. The standard InChI is InChI=1S/C26H29N3O2/c1-27-26(31)28-19-23-12-7-6-11-21(23)13-8-14-25(30)29(2)24-17-15-22(16-18-24)20-9-4-3-5-10-20/h3-7,9-12,15-18H,8,13-14,19H2,1-2H3,(H2,27,28,31). The average molecular weight is 416 g/mol. The van der Waals surface area contributed by atoms with Gasteiger partial charge in [-0.1, -0.05) is 66.7 Å². The molecule has 0 heterocycles. The van der Waals surface area contributed by atoms with Gasteiger partial charge in [-0.25, -0.2) is 4.79 Å². The minimum absolute atomic E-state index is 0.0911. The van der Waals surface area contributed by atoms with Crippen molar-refractivity contribution in [1.82, 2.24) is 10.6 Å². The summed E-state index contributed by atoms with van der Waals surface area (Å²) in [4.78, 5) is 25.8. The summed E-state index contributed by atoms with van der Waals surface area (Å²) in [6, 6.07) is 26.1. The third-order valence-electron chi connectivity index (χ3n) is 5.36. The lowest BCUT2D eigenvalue weighted by atomic mass is 10.0. The Balaban J connectivity index is 1.53. The monoisotopic (exact) mass is 415 g/mol. The van der Waals surface area contributed by atoms with E-state index < -0.39 is 0 Å². The topological polar surface area (TPSA) is 61.4 Å². The fraction of sp³-hybridized carbons (Fsp3) is 0.231. The zero-order chi connectivity index (χ0) is 22.1. The van der Waals surface area contributed by atoms with Crippen LogP contribution in [0.25, 0.3) is 11.1 Å². The first kappa shape index (κ1) is 22.1. The minimum Gasteiger partial charge on any atom is -0.341 e. The molecule has 31 heavy (non-hydrogen) atoms. The molecule has 3 amide bonds. The lowest BCUT2D eigenvalue weighted by Gasteiger charge is -2.18. The molecule has 2 N–H and O–H groups in total. The second-order valence-electron chi connectivity index (χ2n) is 7.42. The smallest absolute Gasteiger partial charge is 0.314 e. The van der Waals surface area contributed by atoms with Gasteiger partial charge in [0.05, 0.1) is 0 Å². The highest BCUT2D eigenvalue weighted by atomic mass is 16.2. The number of aryl methyl sites for hydroxylation is 1. The second-order valence-corrected chi connectivity index (χ2v) is 7.42. The van der Waals surface area contributed by atoms with Crippen molar-refractivity contribution >= 4 is 17.6 Å². The highest BCUT2D eigenvalue weighted by Crippen LogP contribution is 2.23. The molecular weight excluding hydrogens is 386 g/mol. The van der Waals surface area contributed by atoms with Crippen LogP contribution in [0, 0.1) is 0 Å². The Morgan fingerprint density at radius 2 is 1.42 bits per heavy atom. The van der Waals surface area contributed by atoms with E-state index in [0.29, 0.717) is 13.0 Å². The number of hydrogen-bond acceptors (Lipinski definition) is 2. The summed E-state index contributed by atoms with van der Waals surface area (Å²) in [5, 5.41) is 5.37. The number of carbonyl (C=O) groups is 2. The molecule has 0 saturated carbocycles. The van der Waals surface area contributed by atoms with E-state index in [1.807, 2.05) is 67.7 Å². The van der Waals surface area contributed by atoms with Crippen molar-refractivity contribution in [2.24, 2.45) is 0 Å². The van der Waals surface area contributed by atoms with E-state index in [0.717, 1.165) is 40.8 Å². The lowest BCUT2D eigenvalue weighted by Crippen LogP contribution is -2.32. The van der Waals surface area contributed by atoms with Gasteiger partial charge in [0.15, 0.2) is 0 Å².